The van der Waals surface area contributed by atoms with Crippen molar-refractivity contribution in [2.75, 3.05) is 35.1 Å². The van der Waals surface area contributed by atoms with Crippen LogP contribution in [0.25, 0.3) is 0 Å². The van der Waals surface area contributed by atoms with Gasteiger partial charge < -0.3 is 14.8 Å². The predicted octanol–water partition coefficient (Wildman–Crippen LogP) is 3.80. The summed E-state index contributed by atoms with van der Waals surface area (Å²) < 4.78 is 66.2. The number of carbonyl (C=O) groups excluding carboxylic acids is 1. The van der Waals surface area contributed by atoms with Crippen LogP contribution in [0, 0.1) is 0 Å². The van der Waals surface area contributed by atoms with Gasteiger partial charge in [0, 0.05) is 23.3 Å². The zero-order valence-electron chi connectivity index (χ0n) is 20.8. The van der Waals surface area contributed by atoms with Crippen LogP contribution >= 0.6 is 11.3 Å². The number of para-hydroxylation sites is 1. The highest BCUT2D eigenvalue weighted by molar-refractivity contribution is 7.93. The number of methoxy groups -OCH3 is 2. The number of hydrogen-bond donors (Lipinski definition) is 2. The van der Waals surface area contributed by atoms with E-state index in [0.717, 1.165) is 15.6 Å². The maximum Gasteiger partial charge on any atom is 0.264 e. The Morgan fingerprint density at radius 1 is 0.897 bits per heavy atom. The van der Waals surface area contributed by atoms with E-state index in [4.69, 9.17) is 9.47 Å². The van der Waals surface area contributed by atoms with Crippen molar-refractivity contribution in [1.29, 1.82) is 0 Å². The number of benzene rings is 3. The minimum Gasteiger partial charge on any atom is -0.493 e. The Balaban J connectivity index is 1.55. The van der Waals surface area contributed by atoms with Crippen LogP contribution in [-0.2, 0) is 24.8 Å². The Hall–Kier alpha value is -4.14. The number of nitrogens with one attached hydrogen (secondary N) is 2. The van der Waals surface area contributed by atoms with Gasteiger partial charge in [-0.05, 0) is 48.5 Å². The Labute approximate surface area is 230 Å². The van der Waals surface area contributed by atoms with E-state index in [1.165, 1.54) is 62.9 Å². The Morgan fingerprint density at radius 2 is 1.56 bits per heavy atom. The summed E-state index contributed by atoms with van der Waals surface area (Å²) in [6, 6.07) is 17.8. The van der Waals surface area contributed by atoms with Crippen molar-refractivity contribution in [3.63, 3.8) is 0 Å². The average molecular weight is 589 g/mol. The van der Waals surface area contributed by atoms with Gasteiger partial charge in [0.25, 0.3) is 20.0 Å². The van der Waals surface area contributed by atoms with Crippen LogP contribution in [-0.4, -0.2) is 48.5 Å². The molecule has 1 aromatic heterocycles. The zero-order valence-corrected chi connectivity index (χ0v) is 23.2. The van der Waals surface area contributed by atoms with Gasteiger partial charge >= 0.3 is 0 Å². The van der Waals surface area contributed by atoms with Gasteiger partial charge in [0.1, 0.15) is 6.54 Å². The number of sulfonamides is 2. The molecule has 1 amide bonds. The second kappa shape index (κ2) is 11.7. The van der Waals surface area contributed by atoms with Gasteiger partial charge in [-0.1, -0.05) is 18.2 Å². The molecule has 2 N–H and O–H groups in total. The predicted molar refractivity (Wildman–Crippen MR) is 149 cm³/mol. The SMILES string of the molecule is COc1ccc(S(=O)(=O)N(CC(=O)Nc2ccc(S(=O)(=O)Nc3nccs3)cc2)c2ccccc2)cc1OC. The molecule has 0 atom stereocenters. The van der Waals surface area contributed by atoms with E-state index in [1.54, 1.807) is 35.7 Å². The molecule has 0 saturated carbocycles. The summed E-state index contributed by atoms with van der Waals surface area (Å²) in [6.07, 6.45) is 1.48. The molecule has 4 rings (SSSR count). The van der Waals surface area contributed by atoms with Crippen molar-refractivity contribution in [3.05, 3.63) is 84.4 Å². The molecule has 0 aliphatic heterocycles. The average Bonchev–Trinajstić information content (AvgIpc) is 3.44. The molecule has 1 heterocycles. The summed E-state index contributed by atoms with van der Waals surface area (Å²) in [7, 11) is -5.24. The molecule has 0 unspecified atom stereocenters. The zero-order chi connectivity index (χ0) is 28.0. The Morgan fingerprint density at radius 3 is 2.18 bits per heavy atom. The maximum absolute atomic E-state index is 13.6. The van der Waals surface area contributed by atoms with Crippen molar-refractivity contribution in [2.45, 2.75) is 9.79 Å². The number of ether oxygens (including phenoxy) is 2. The maximum atomic E-state index is 13.6. The number of hydrogen-bond acceptors (Lipinski definition) is 9. The van der Waals surface area contributed by atoms with E-state index in [2.05, 4.69) is 15.0 Å². The molecule has 0 bridgehead atoms. The van der Waals surface area contributed by atoms with Gasteiger partial charge in [0.15, 0.2) is 16.6 Å². The molecule has 204 valence electrons. The summed E-state index contributed by atoms with van der Waals surface area (Å²) in [5.41, 5.74) is 0.557. The van der Waals surface area contributed by atoms with Crippen LogP contribution in [0.3, 0.4) is 0 Å². The number of carbonyl (C=O) groups is 1. The van der Waals surface area contributed by atoms with Crippen molar-refractivity contribution in [1.82, 2.24) is 4.98 Å². The number of thiazole rings is 1. The van der Waals surface area contributed by atoms with E-state index in [9.17, 15) is 21.6 Å². The molecule has 14 heteroatoms. The van der Waals surface area contributed by atoms with Gasteiger partial charge in [-0.25, -0.2) is 21.8 Å². The molecule has 0 spiro atoms. The Kier molecular flexibility index (Phi) is 8.38. The highest BCUT2D eigenvalue weighted by Crippen LogP contribution is 2.32. The summed E-state index contributed by atoms with van der Waals surface area (Å²) in [5.74, 6) is -0.0670. The lowest BCUT2D eigenvalue weighted by Gasteiger charge is -2.24. The van der Waals surface area contributed by atoms with Gasteiger partial charge in [-0.3, -0.25) is 13.8 Å². The largest absolute Gasteiger partial charge is 0.493 e. The van der Waals surface area contributed by atoms with E-state index >= 15 is 0 Å². The minimum atomic E-state index is -4.21. The molecule has 0 saturated heterocycles. The molecule has 0 fully saturated rings. The van der Waals surface area contributed by atoms with Crippen molar-refractivity contribution >= 4 is 53.8 Å². The van der Waals surface area contributed by atoms with Crippen LogP contribution in [0.15, 0.2) is 94.2 Å². The molecule has 4 aromatic rings. The first-order valence-corrected chi connectivity index (χ1v) is 15.1. The molecule has 11 nitrogen and oxygen atoms in total. The molecule has 0 aliphatic carbocycles. The van der Waals surface area contributed by atoms with E-state index in [0.29, 0.717) is 5.75 Å². The fourth-order valence-electron chi connectivity index (χ4n) is 3.51. The fraction of sp³-hybridized carbons (Fsp3) is 0.120. The topological polar surface area (TPSA) is 144 Å². The lowest BCUT2D eigenvalue weighted by atomic mass is 10.3. The standard InChI is InChI=1S/C25H24N4O7S3/c1-35-22-13-12-21(16-23(22)36-2)39(33,34)29(19-6-4-3-5-7-19)17-24(30)27-18-8-10-20(11-9-18)38(31,32)28-25-26-14-15-37-25/h3-16H,17H2,1-2H3,(H,26,28)(H,27,30). The van der Waals surface area contributed by atoms with Crippen LogP contribution < -0.4 is 23.8 Å². The number of anilines is 3. The third-order valence-corrected chi connectivity index (χ3v) is 9.32. The lowest BCUT2D eigenvalue weighted by molar-refractivity contribution is -0.114. The van der Waals surface area contributed by atoms with Crippen LogP contribution in [0.4, 0.5) is 16.5 Å². The summed E-state index contributed by atoms with van der Waals surface area (Å²) in [6.45, 7) is -0.549. The van der Waals surface area contributed by atoms with Gasteiger partial charge in [0.05, 0.1) is 29.7 Å². The Bertz CT molecular complexity index is 1640. The van der Waals surface area contributed by atoms with Crippen LogP contribution in [0.1, 0.15) is 0 Å². The van der Waals surface area contributed by atoms with E-state index in [1.807, 2.05) is 0 Å². The lowest BCUT2D eigenvalue weighted by Crippen LogP contribution is -2.38. The quantitative estimate of drug-likeness (QED) is 0.269. The molecule has 3 aromatic carbocycles. The fourth-order valence-corrected chi connectivity index (χ4v) is 6.74. The summed E-state index contributed by atoms with van der Waals surface area (Å²) in [5, 5.41) is 4.48. The van der Waals surface area contributed by atoms with Gasteiger partial charge in [-0.15, -0.1) is 11.3 Å². The smallest absolute Gasteiger partial charge is 0.264 e. The first kappa shape index (κ1) is 27.9. The first-order valence-electron chi connectivity index (χ1n) is 11.3. The summed E-state index contributed by atoms with van der Waals surface area (Å²) in [4.78, 5) is 16.8. The highest BCUT2D eigenvalue weighted by atomic mass is 32.2. The normalized spacial score (nSPS) is 11.4. The molecule has 0 aliphatic rings. The number of rotatable bonds is 11. The van der Waals surface area contributed by atoms with Crippen molar-refractivity contribution < 1.29 is 31.1 Å². The molecular weight excluding hydrogens is 564 g/mol. The third-order valence-electron chi connectivity index (χ3n) is 5.38. The van der Waals surface area contributed by atoms with Gasteiger partial charge in [-0.2, -0.15) is 0 Å². The minimum absolute atomic E-state index is 0.0300. The van der Waals surface area contributed by atoms with Crippen LogP contribution in [0.2, 0.25) is 0 Å². The second-order valence-corrected chi connectivity index (χ2v) is 12.3. The number of amides is 1. The van der Waals surface area contributed by atoms with E-state index in [-0.39, 0.29) is 32.0 Å². The van der Waals surface area contributed by atoms with Crippen LogP contribution in [0.5, 0.6) is 11.5 Å². The number of nitrogens with zero attached hydrogens (tertiary/aromatic N) is 2. The molecular formula is C25H24N4O7S3. The number of aromatic nitrogens is 1. The second-order valence-electron chi connectivity index (χ2n) is 7.88. The van der Waals surface area contributed by atoms with E-state index < -0.39 is 32.5 Å². The molecule has 0 radical (unpaired) electrons. The summed E-state index contributed by atoms with van der Waals surface area (Å²) >= 11 is 1.14. The first-order chi connectivity index (χ1) is 18.6. The monoisotopic (exact) mass is 588 g/mol. The van der Waals surface area contributed by atoms with Crippen molar-refractivity contribution in [3.8, 4) is 11.5 Å². The van der Waals surface area contributed by atoms with Gasteiger partial charge in [0.2, 0.25) is 5.91 Å². The third kappa shape index (κ3) is 6.47. The van der Waals surface area contributed by atoms with Crippen molar-refractivity contribution in [2.24, 2.45) is 0 Å². The highest BCUT2D eigenvalue weighted by Gasteiger charge is 2.28. The molecule has 39 heavy (non-hydrogen) atoms.